The highest BCUT2D eigenvalue weighted by Gasteiger charge is 2.04. The van der Waals surface area contributed by atoms with E-state index in [2.05, 4.69) is 10.9 Å². The average molecular weight is 297 g/mol. The van der Waals surface area contributed by atoms with Crippen molar-refractivity contribution >= 4 is 35.0 Å². The molecular weight excluding hydrogens is 287 g/mol. The number of para-hydroxylation sites is 1. The smallest absolute Gasteiger partial charge is 0.409 e. The molecule has 0 bridgehead atoms. The molecule has 19 heavy (non-hydrogen) atoms. The fraction of sp³-hybridized carbons (Fsp3) is 0. The minimum Gasteiger partial charge on any atom is -0.409 e. The zero-order chi connectivity index (χ0) is 13.7. The van der Waals surface area contributed by atoms with Crippen LogP contribution in [-0.2, 0) is 0 Å². The summed E-state index contributed by atoms with van der Waals surface area (Å²) in [6.45, 7) is 0. The number of ether oxygens (including phenoxy) is 1. The first kappa shape index (κ1) is 13.5. The highest BCUT2D eigenvalue weighted by Crippen LogP contribution is 2.24. The quantitative estimate of drug-likeness (QED) is 0.838. The number of carbonyl (C=O) groups excluding carboxylic acids is 1. The molecule has 1 amide bonds. The van der Waals surface area contributed by atoms with E-state index in [1.54, 1.807) is 42.5 Å². The van der Waals surface area contributed by atoms with Crippen LogP contribution in [0.2, 0.25) is 10.0 Å². The molecule has 2 rings (SSSR count). The van der Waals surface area contributed by atoms with E-state index >= 15 is 0 Å². The van der Waals surface area contributed by atoms with E-state index in [1.165, 1.54) is 0 Å². The van der Waals surface area contributed by atoms with E-state index in [9.17, 15) is 4.79 Å². The average Bonchev–Trinajstić information content (AvgIpc) is 2.41. The summed E-state index contributed by atoms with van der Waals surface area (Å²) < 4.78 is 5.02. The molecule has 0 atom stereocenters. The van der Waals surface area contributed by atoms with Gasteiger partial charge in [0, 0.05) is 0 Å². The minimum atomic E-state index is -0.628. The van der Waals surface area contributed by atoms with Gasteiger partial charge < -0.3 is 4.74 Å². The van der Waals surface area contributed by atoms with E-state index in [0.29, 0.717) is 21.5 Å². The normalized spacial score (nSPS) is 9.79. The van der Waals surface area contributed by atoms with E-state index in [-0.39, 0.29) is 0 Å². The predicted molar refractivity (Wildman–Crippen MR) is 75.7 cm³/mol. The molecule has 0 aliphatic heterocycles. The van der Waals surface area contributed by atoms with Crippen LogP contribution >= 0.6 is 23.2 Å². The van der Waals surface area contributed by atoms with Crippen LogP contribution in [0.15, 0.2) is 48.5 Å². The number of hydrogen-bond acceptors (Lipinski definition) is 3. The molecule has 2 aromatic carbocycles. The van der Waals surface area contributed by atoms with Crippen LogP contribution in [0.25, 0.3) is 0 Å². The van der Waals surface area contributed by atoms with E-state index in [0.717, 1.165) is 0 Å². The van der Waals surface area contributed by atoms with Gasteiger partial charge in [-0.25, -0.2) is 10.2 Å². The molecule has 0 heterocycles. The van der Waals surface area contributed by atoms with Crippen molar-refractivity contribution in [3.8, 4) is 5.75 Å². The van der Waals surface area contributed by atoms with Gasteiger partial charge >= 0.3 is 6.09 Å². The lowest BCUT2D eigenvalue weighted by Gasteiger charge is -2.09. The lowest BCUT2D eigenvalue weighted by molar-refractivity contribution is 0.203. The number of anilines is 1. The summed E-state index contributed by atoms with van der Waals surface area (Å²) >= 11 is 11.6. The summed E-state index contributed by atoms with van der Waals surface area (Å²) in [6.07, 6.45) is -0.628. The highest BCUT2D eigenvalue weighted by molar-refractivity contribution is 6.42. The first-order chi connectivity index (χ1) is 9.15. The maximum atomic E-state index is 11.5. The zero-order valence-electron chi connectivity index (χ0n) is 9.69. The molecule has 2 N–H and O–H groups in total. The number of amides is 1. The molecule has 0 fully saturated rings. The molecule has 0 radical (unpaired) electrons. The van der Waals surface area contributed by atoms with Gasteiger partial charge in [-0.3, -0.25) is 5.43 Å². The van der Waals surface area contributed by atoms with Crippen molar-refractivity contribution in [1.29, 1.82) is 0 Å². The third kappa shape index (κ3) is 4.05. The number of rotatable bonds is 3. The van der Waals surface area contributed by atoms with Gasteiger partial charge in [0.25, 0.3) is 0 Å². The van der Waals surface area contributed by atoms with Crippen molar-refractivity contribution in [3.63, 3.8) is 0 Å². The first-order valence-electron chi connectivity index (χ1n) is 5.39. The van der Waals surface area contributed by atoms with Crippen LogP contribution in [0.4, 0.5) is 10.5 Å². The summed E-state index contributed by atoms with van der Waals surface area (Å²) in [5.41, 5.74) is 5.64. The lowest BCUT2D eigenvalue weighted by Crippen LogP contribution is -2.32. The fourth-order valence-electron chi connectivity index (χ4n) is 1.32. The third-order valence-electron chi connectivity index (χ3n) is 2.18. The van der Waals surface area contributed by atoms with Crippen molar-refractivity contribution in [3.05, 3.63) is 58.6 Å². The summed E-state index contributed by atoms with van der Waals surface area (Å²) in [5.74, 6) is 0.455. The van der Waals surface area contributed by atoms with Crippen LogP contribution in [-0.4, -0.2) is 6.09 Å². The maximum Gasteiger partial charge on any atom is 0.431 e. The molecule has 0 unspecified atom stereocenters. The standard InChI is InChI=1S/C13H10Cl2N2O2/c14-11-7-6-9(8-12(11)15)16-17-13(18)19-10-4-2-1-3-5-10/h1-8,16H,(H,17,18). The lowest BCUT2D eigenvalue weighted by atomic mass is 10.3. The number of benzene rings is 2. The van der Waals surface area contributed by atoms with Crippen molar-refractivity contribution in [1.82, 2.24) is 5.43 Å². The Hall–Kier alpha value is -1.91. The van der Waals surface area contributed by atoms with Crippen LogP contribution in [0, 0.1) is 0 Å². The monoisotopic (exact) mass is 296 g/mol. The SMILES string of the molecule is O=C(NNc1ccc(Cl)c(Cl)c1)Oc1ccccc1. The van der Waals surface area contributed by atoms with Crippen molar-refractivity contribution in [2.24, 2.45) is 0 Å². The van der Waals surface area contributed by atoms with Gasteiger partial charge in [-0.2, -0.15) is 0 Å². The molecule has 0 aromatic heterocycles. The summed E-state index contributed by atoms with van der Waals surface area (Å²) in [4.78, 5) is 11.5. The van der Waals surface area contributed by atoms with Gasteiger partial charge in [0.15, 0.2) is 0 Å². The number of halogens is 2. The predicted octanol–water partition coefficient (Wildman–Crippen LogP) is 4.11. The largest absolute Gasteiger partial charge is 0.431 e. The Balaban J connectivity index is 1.88. The molecule has 0 spiro atoms. The molecule has 0 aliphatic rings. The zero-order valence-corrected chi connectivity index (χ0v) is 11.2. The van der Waals surface area contributed by atoms with Crippen molar-refractivity contribution < 1.29 is 9.53 Å². The van der Waals surface area contributed by atoms with Gasteiger partial charge in [0.2, 0.25) is 0 Å². The number of nitrogens with one attached hydrogen (secondary N) is 2. The Morgan fingerprint density at radius 2 is 1.74 bits per heavy atom. The van der Waals surface area contributed by atoms with Gasteiger partial charge in [-0.05, 0) is 30.3 Å². The fourth-order valence-corrected chi connectivity index (χ4v) is 1.62. The second kappa shape index (κ2) is 6.31. The molecule has 2 aromatic rings. The minimum absolute atomic E-state index is 0.393. The molecule has 0 saturated heterocycles. The highest BCUT2D eigenvalue weighted by atomic mass is 35.5. The van der Waals surface area contributed by atoms with Gasteiger partial charge in [-0.1, -0.05) is 41.4 Å². The Morgan fingerprint density at radius 1 is 1.00 bits per heavy atom. The second-order valence-corrected chi connectivity index (χ2v) is 4.40. The molecule has 6 heteroatoms. The Labute approximate surface area is 120 Å². The number of hydrogen-bond donors (Lipinski definition) is 2. The van der Waals surface area contributed by atoms with Gasteiger partial charge in [-0.15, -0.1) is 0 Å². The Morgan fingerprint density at radius 3 is 2.42 bits per heavy atom. The maximum absolute atomic E-state index is 11.5. The van der Waals surface area contributed by atoms with Crippen LogP contribution < -0.4 is 15.6 Å². The van der Waals surface area contributed by atoms with Gasteiger partial charge in [0.05, 0.1) is 15.7 Å². The second-order valence-electron chi connectivity index (χ2n) is 3.58. The van der Waals surface area contributed by atoms with Crippen molar-refractivity contribution in [2.45, 2.75) is 0 Å². The summed E-state index contributed by atoms with van der Waals surface area (Å²) in [5, 5.41) is 0.837. The number of hydrazine groups is 1. The molecule has 98 valence electrons. The molecule has 4 nitrogen and oxygen atoms in total. The van der Waals surface area contributed by atoms with E-state index in [1.807, 2.05) is 6.07 Å². The Bertz CT molecular complexity index is 576. The third-order valence-corrected chi connectivity index (χ3v) is 2.92. The van der Waals surface area contributed by atoms with Crippen LogP contribution in [0.5, 0.6) is 5.75 Å². The topological polar surface area (TPSA) is 50.4 Å². The molecule has 0 aliphatic carbocycles. The molecular formula is C13H10Cl2N2O2. The summed E-state index contributed by atoms with van der Waals surface area (Å²) in [7, 11) is 0. The van der Waals surface area contributed by atoms with E-state index in [4.69, 9.17) is 27.9 Å². The van der Waals surface area contributed by atoms with E-state index < -0.39 is 6.09 Å². The first-order valence-corrected chi connectivity index (χ1v) is 6.14. The number of carbonyl (C=O) groups is 1. The van der Waals surface area contributed by atoms with Crippen LogP contribution in [0.3, 0.4) is 0 Å². The Kier molecular flexibility index (Phi) is 4.49. The van der Waals surface area contributed by atoms with Crippen LogP contribution in [0.1, 0.15) is 0 Å². The van der Waals surface area contributed by atoms with Gasteiger partial charge in [0.1, 0.15) is 5.75 Å². The molecule has 0 saturated carbocycles. The van der Waals surface area contributed by atoms with Crippen molar-refractivity contribution in [2.75, 3.05) is 5.43 Å². The summed E-state index contributed by atoms with van der Waals surface area (Å²) in [6, 6.07) is 13.6.